The molecular weight excluding hydrogens is 308 g/mol. The van der Waals surface area contributed by atoms with Crippen molar-refractivity contribution in [2.75, 3.05) is 44.9 Å². The minimum Gasteiger partial charge on any atom is -0.486 e. The molecule has 7 heteroatoms. The van der Waals surface area contributed by atoms with Crippen molar-refractivity contribution >= 4 is 17.3 Å². The van der Waals surface area contributed by atoms with Crippen molar-refractivity contribution in [2.45, 2.75) is 12.5 Å². The zero-order valence-electron chi connectivity index (χ0n) is 13.9. The fraction of sp³-hybridized carbons (Fsp3) is 0.412. The number of anilines is 2. The number of nitrogens with zero attached hydrogens (tertiary/aromatic N) is 2. The van der Waals surface area contributed by atoms with Crippen LogP contribution in [0.4, 0.5) is 11.4 Å². The average Bonchev–Trinajstić information content (AvgIpc) is 3.02. The van der Waals surface area contributed by atoms with Gasteiger partial charge in [0.1, 0.15) is 17.9 Å². The molecular formula is C17H22N4O3. The molecule has 24 heavy (non-hydrogen) atoms. The van der Waals surface area contributed by atoms with Crippen LogP contribution in [0.2, 0.25) is 0 Å². The number of nitrogens with one attached hydrogen (secondary N) is 1. The Morgan fingerprint density at radius 2 is 2.38 bits per heavy atom. The highest BCUT2D eigenvalue weighted by molar-refractivity contribution is 6.00. The van der Waals surface area contributed by atoms with Gasteiger partial charge in [-0.1, -0.05) is 6.08 Å². The largest absolute Gasteiger partial charge is 0.486 e. The molecule has 0 aromatic heterocycles. The fourth-order valence-corrected chi connectivity index (χ4v) is 2.22. The van der Waals surface area contributed by atoms with Crippen molar-refractivity contribution in [3.63, 3.8) is 0 Å². The lowest BCUT2D eigenvalue weighted by Crippen LogP contribution is -2.18. The first kappa shape index (κ1) is 17.8. The van der Waals surface area contributed by atoms with Crippen LogP contribution in [0, 0.1) is 11.3 Å². The Bertz CT molecular complexity index is 659. The van der Waals surface area contributed by atoms with Crippen molar-refractivity contribution in [1.29, 1.82) is 5.26 Å². The molecule has 2 rings (SSSR count). The SMILES string of the molecule is CN(C)C/C=C/C(=O)Nc1cc(C#N)c(N)cc1O[C@H]1CCOC1. The molecule has 128 valence electrons. The Hall–Kier alpha value is -2.56. The summed E-state index contributed by atoms with van der Waals surface area (Å²) < 4.78 is 11.2. The zero-order valence-corrected chi connectivity index (χ0v) is 13.9. The summed E-state index contributed by atoms with van der Waals surface area (Å²) in [5.74, 6) is 0.148. The zero-order chi connectivity index (χ0) is 17.5. The van der Waals surface area contributed by atoms with Gasteiger partial charge >= 0.3 is 0 Å². The summed E-state index contributed by atoms with van der Waals surface area (Å²) in [5, 5.41) is 11.9. The predicted octanol–water partition coefficient (Wildman–Crippen LogP) is 1.36. The van der Waals surface area contributed by atoms with Crippen LogP contribution in [0.15, 0.2) is 24.3 Å². The molecule has 1 amide bonds. The third kappa shape index (κ3) is 4.98. The van der Waals surface area contributed by atoms with E-state index in [0.29, 0.717) is 36.9 Å². The maximum Gasteiger partial charge on any atom is 0.248 e. The van der Waals surface area contributed by atoms with Gasteiger partial charge in [0.25, 0.3) is 0 Å². The topological polar surface area (TPSA) is 101 Å². The van der Waals surface area contributed by atoms with Gasteiger partial charge in [0.05, 0.1) is 30.2 Å². The number of nitriles is 1. The van der Waals surface area contributed by atoms with Gasteiger partial charge in [0.15, 0.2) is 0 Å². The first-order chi connectivity index (χ1) is 11.5. The number of amides is 1. The summed E-state index contributed by atoms with van der Waals surface area (Å²) in [7, 11) is 3.83. The third-order valence-corrected chi connectivity index (χ3v) is 3.45. The monoisotopic (exact) mass is 330 g/mol. The number of hydrogen-bond acceptors (Lipinski definition) is 6. The number of likely N-dealkylation sites (N-methyl/N-ethyl adjacent to an activating group) is 1. The van der Waals surface area contributed by atoms with Crippen molar-refractivity contribution in [2.24, 2.45) is 0 Å². The first-order valence-electron chi connectivity index (χ1n) is 7.70. The van der Waals surface area contributed by atoms with Gasteiger partial charge in [-0.2, -0.15) is 5.26 Å². The van der Waals surface area contributed by atoms with Crippen molar-refractivity contribution in [3.8, 4) is 11.8 Å². The minimum atomic E-state index is -0.293. The maximum absolute atomic E-state index is 12.1. The number of nitrogen functional groups attached to an aromatic ring is 1. The fourth-order valence-electron chi connectivity index (χ4n) is 2.22. The van der Waals surface area contributed by atoms with Crippen LogP contribution in [-0.2, 0) is 9.53 Å². The van der Waals surface area contributed by atoms with Crippen molar-refractivity contribution in [3.05, 3.63) is 29.8 Å². The van der Waals surface area contributed by atoms with E-state index in [2.05, 4.69) is 5.32 Å². The number of ether oxygens (including phenoxy) is 2. The highest BCUT2D eigenvalue weighted by Crippen LogP contribution is 2.32. The summed E-state index contributed by atoms with van der Waals surface area (Å²) in [6, 6.07) is 5.10. The number of benzene rings is 1. The second-order valence-corrected chi connectivity index (χ2v) is 5.80. The Morgan fingerprint density at radius 3 is 3.00 bits per heavy atom. The van der Waals surface area contributed by atoms with Gasteiger partial charge in [-0.15, -0.1) is 0 Å². The van der Waals surface area contributed by atoms with Crippen LogP contribution < -0.4 is 15.8 Å². The molecule has 0 radical (unpaired) electrons. The van der Waals surface area contributed by atoms with Gasteiger partial charge in [0, 0.05) is 25.1 Å². The van der Waals surface area contributed by atoms with Crippen molar-refractivity contribution in [1.82, 2.24) is 4.90 Å². The Morgan fingerprint density at radius 1 is 1.58 bits per heavy atom. The van der Waals surface area contributed by atoms with Crippen LogP contribution in [0.3, 0.4) is 0 Å². The van der Waals surface area contributed by atoms with E-state index in [9.17, 15) is 4.79 Å². The van der Waals surface area contributed by atoms with E-state index in [1.165, 1.54) is 12.1 Å². The van der Waals surface area contributed by atoms with Gasteiger partial charge in [-0.05, 0) is 20.2 Å². The number of carbonyl (C=O) groups is 1. The molecule has 1 heterocycles. The van der Waals surface area contributed by atoms with E-state index in [1.54, 1.807) is 12.1 Å². The summed E-state index contributed by atoms with van der Waals surface area (Å²) >= 11 is 0. The standard InChI is InChI=1S/C17H22N4O3/c1-21(2)6-3-4-17(22)20-15-8-12(10-18)14(19)9-16(15)24-13-5-7-23-11-13/h3-4,8-9,13H,5-7,11,19H2,1-2H3,(H,20,22)/b4-3+/t13-/m0/s1. The Kier molecular flexibility index (Phi) is 6.18. The maximum atomic E-state index is 12.1. The highest BCUT2D eigenvalue weighted by Gasteiger charge is 2.20. The molecule has 3 N–H and O–H groups in total. The van der Waals surface area contributed by atoms with E-state index in [4.69, 9.17) is 20.5 Å². The lowest BCUT2D eigenvalue weighted by molar-refractivity contribution is -0.111. The van der Waals surface area contributed by atoms with Gasteiger partial charge in [-0.25, -0.2) is 0 Å². The second-order valence-electron chi connectivity index (χ2n) is 5.80. The molecule has 1 aliphatic heterocycles. The normalized spacial score (nSPS) is 17.2. The molecule has 0 aliphatic carbocycles. The van der Waals surface area contributed by atoms with Crippen molar-refractivity contribution < 1.29 is 14.3 Å². The lowest BCUT2D eigenvalue weighted by Gasteiger charge is -2.17. The molecule has 0 bridgehead atoms. The smallest absolute Gasteiger partial charge is 0.248 e. The van der Waals surface area contributed by atoms with Gasteiger partial charge in [-0.3, -0.25) is 4.79 Å². The molecule has 1 aromatic carbocycles. The molecule has 1 saturated heterocycles. The second kappa shape index (κ2) is 8.34. The van der Waals surface area contributed by atoms with Crippen LogP contribution in [-0.4, -0.2) is 50.8 Å². The average molecular weight is 330 g/mol. The number of rotatable bonds is 6. The molecule has 0 unspecified atom stereocenters. The Labute approximate surface area is 141 Å². The molecule has 1 aromatic rings. The molecule has 7 nitrogen and oxygen atoms in total. The van der Waals surface area contributed by atoms with E-state index in [0.717, 1.165) is 6.42 Å². The summed E-state index contributed by atoms with van der Waals surface area (Å²) in [6.07, 6.45) is 3.89. The van der Waals surface area contributed by atoms with Gasteiger partial charge < -0.3 is 25.4 Å². The quantitative estimate of drug-likeness (QED) is 0.603. The van der Waals surface area contributed by atoms with Gasteiger partial charge in [0.2, 0.25) is 5.91 Å². The number of hydrogen-bond donors (Lipinski definition) is 2. The molecule has 1 aliphatic rings. The van der Waals surface area contributed by atoms with E-state index in [1.807, 2.05) is 25.1 Å². The number of carbonyl (C=O) groups excluding carboxylic acids is 1. The molecule has 0 spiro atoms. The predicted molar refractivity (Wildman–Crippen MR) is 91.7 cm³/mol. The lowest BCUT2D eigenvalue weighted by atomic mass is 10.1. The molecule has 1 fully saturated rings. The van der Waals surface area contributed by atoms with E-state index < -0.39 is 0 Å². The van der Waals surface area contributed by atoms with E-state index >= 15 is 0 Å². The minimum absolute atomic E-state index is 0.0859. The summed E-state index contributed by atoms with van der Waals surface area (Å²) in [4.78, 5) is 14.0. The van der Waals surface area contributed by atoms with E-state index in [-0.39, 0.29) is 17.6 Å². The third-order valence-electron chi connectivity index (χ3n) is 3.45. The number of nitrogens with two attached hydrogens (primary N) is 1. The highest BCUT2D eigenvalue weighted by atomic mass is 16.5. The molecule has 0 saturated carbocycles. The summed E-state index contributed by atoms with van der Waals surface area (Å²) in [6.45, 7) is 1.79. The van der Waals surface area contributed by atoms with Crippen LogP contribution in [0.1, 0.15) is 12.0 Å². The van der Waals surface area contributed by atoms with Crippen LogP contribution >= 0.6 is 0 Å². The summed E-state index contributed by atoms with van der Waals surface area (Å²) in [5.41, 5.74) is 6.88. The Balaban J connectivity index is 2.17. The molecule has 1 atom stereocenters. The first-order valence-corrected chi connectivity index (χ1v) is 7.70. The van der Waals surface area contributed by atoms with Crippen LogP contribution in [0.5, 0.6) is 5.75 Å². The van der Waals surface area contributed by atoms with Crippen LogP contribution in [0.25, 0.3) is 0 Å².